The van der Waals surface area contributed by atoms with Gasteiger partial charge in [-0.15, -0.1) is 0 Å². The van der Waals surface area contributed by atoms with Gasteiger partial charge in [-0.2, -0.15) is 10.3 Å². The second-order valence-electron chi connectivity index (χ2n) is 7.15. The zero-order chi connectivity index (χ0) is 22.2. The Kier molecular flexibility index (Phi) is 8.29. The fourth-order valence-electron chi connectivity index (χ4n) is 2.17. The minimum Gasteiger partial charge on any atom is -0.480 e. The van der Waals surface area contributed by atoms with Gasteiger partial charge in [-0.3, -0.25) is 14.8 Å². The Balaban J connectivity index is 0.000000436. The van der Waals surface area contributed by atoms with Gasteiger partial charge in [0.15, 0.2) is 0 Å². The van der Waals surface area contributed by atoms with Gasteiger partial charge in [-0.25, -0.2) is 9.59 Å². The lowest BCUT2D eigenvalue weighted by Crippen LogP contribution is -2.44. The van der Waals surface area contributed by atoms with Crippen molar-refractivity contribution >= 4 is 23.9 Å². The van der Waals surface area contributed by atoms with Gasteiger partial charge >= 0.3 is 12.1 Å². The molecule has 29 heavy (non-hydrogen) atoms. The second kappa shape index (κ2) is 10.2. The summed E-state index contributed by atoms with van der Waals surface area (Å²) in [5.41, 5.74) is 0.505. The van der Waals surface area contributed by atoms with Crippen LogP contribution in [0.3, 0.4) is 0 Å². The quantitative estimate of drug-likeness (QED) is 0.503. The number of nitriles is 1. The largest absolute Gasteiger partial charge is 0.480 e. The first kappa shape index (κ1) is 23.6. The molecule has 0 radical (unpaired) electrons. The van der Waals surface area contributed by atoms with E-state index in [4.69, 9.17) is 20.3 Å². The number of alkyl carbamates (subject to hydrolysis) is 1. The van der Waals surface area contributed by atoms with Gasteiger partial charge < -0.3 is 15.2 Å². The number of nitrogens with one attached hydrogen (secondary N) is 1. The molecule has 0 spiro atoms. The molecule has 1 heterocycles. The highest BCUT2D eigenvalue weighted by atomic mass is 16.6. The van der Waals surface area contributed by atoms with Gasteiger partial charge in [-0.05, 0) is 38.5 Å². The van der Waals surface area contributed by atoms with Crippen molar-refractivity contribution in [1.82, 2.24) is 10.4 Å². The number of hydrogen-bond donors (Lipinski definition) is 3. The summed E-state index contributed by atoms with van der Waals surface area (Å²) in [5.74, 6) is -2.16. The molecule has 3 N–H and O–H groups in total. The Morgan fingerprint density at radius 2 is 1.72 bits per heavy atom. The SMILES string of the molecule is CC(C)(C)OC(=O)N[C@H](Cc1ccc(C#N)cc1)C(=O)O.O=C1CCC(=O)N1O. The van der Waals surface area contributed by atoms with E-state index in [1.165, 1.54) is 0 Å². The normalized spacial score (nSPS) is 14.4. The summed E-state index contributed by atoms with van der Waals surface area (Å²) in [6.45, 7) is 5.09. The summed E-state index contributed by atoms with van der Waals surface area (Å²) in [6, 6.07) is 7.41. The van der Waals surface area contributed by atoms with Crippen molar-refractivity contribution < 1.29 is 34.2 Å². The number of carboxylic acids is 1. The number of imide groups is 1. The number of hydrogen-bond acceptors (Lipinski definition) is 7. The Bertz CT molecular complexity index is 791. The second-order valence-corrected chi connectivity index (χ2v) is 7.15. The van der Waals surface area contributed by atoms with Crippen LogP contribution in [0.25, 0.3) is 0 Å². The first-order valence-electron chi connectivity index (χ1n) is 8.69. The molecule has 10 nitrogen and oxygen atoms in total. The Hall–Kier alpha value is -3.45. The van der Waals surface area contributed by atoms with Crippen molar-refractivity contribution in [3.63, 3.8) is 0 Å². The predicted octanol–water partition coefficient (Wildman–Crippen LogP) is 1.60. The molecule has 3 amide bonds. The summed E-state index contributed by atoms with van der Waals surface area (Å²) >= 11 is 0. The number of hydroxylamine groups is 2. The molecule has 156 valence electrons. The number of nitrogens with zero attached hydrogens (tertiary/aromatic N) is 2. The molecule has 1 atom stereocenters. The third-order valence-corrected chi connectivity index (χ3v) is 3.54. The molecule has 0 aromatic heterocycles. The Morgan fingerprint density at radius 3 is 2.07 bits per heavy atom. The lowest BCUT2D eigenvalue weighted by atomic mass is 10.0. The standard InChI is InChI=1S/C15H18N2O4.C4H5NO3/c1-15(2,3)21-14(20)17-12(13(18)19)8-10-4-6-11(9-16)7-5-10;6-3-1-2-4(7)5(3)8/h4-7,12H,8H2,1-3H3,(H,17,20)(H,18,19);8H,1-2H2/t12-;/m1./s1. The maximum atomic E-state index is 11.6. The molecule has 0 unspecified atom stereocenters. The molecule has 2 rings (SSSR count). The maximum Gasteiger partial charge on any atom is 0.408 e. The highest BCUT2D eigenvalue weighted by Crippen LogP contribution is 2.10. The zero-order valence-electron chi connectivity index (χ0n) is 16.3. The molecular weight excluding hydrogens is 382 g/mol. The van der Waals surface area contributed by atoms with E-state index in [2.05, 4.69) is 5.32 Å². The molecular formula is C19H23N3O7. The molecule has 0 saturated carbocycles. The summed E-state index contributed by atoms with van der Waals surface area (Å²) in [5, 5.41) is 28.8. The van der Waals surface area contributed by atoms with Crippen LogP contribution in [0.1, 0.15) is 44.7 Å². The highest BCUT2D eigenvalue weighted by molar-refractivity contribution is 6.00. The van der Waals surface area contributed by atoms with Gasteiger partial charge in [0.25, 0.3) is 11.8 Å². The van der Waals surface area contributed by atoms with Crippen LogP contribution in [0.15, 0.2) is 24.3 Å². The molecule has 1 saturated heterocycles. The average molecular weight is 405 g/mol. The predicted molar refractivity (Wildman–Crippen MR) is 98.5 cm³/mol. The van der Waals surface area contributed by atoms with E-state index in [1.54, 1.807) is 45.0 Å². The number of carboxylic acid groups (broad SMARTS) is 1. The Labute approximate surface area is 167 Å². The fourth-order valence-corrected chi connectivity index (χ4v) is 2.17. The average Bonchev–Trinajstić information content (AvgIpc) is 2.91. The topological polar surface area (TPSA) is 157 Å². The van der Waals surface area contributed by atoms with Crippen molar-refractivity contribution in [3.8, 4) is 6.07 Å². The van der Waals surface area contributed by atoms with Gasteiger partial charge in [-0.1, -0.05) is 12.1 Å². The van der Waals surface area contributed by atoms with E-state index in [0.29, 0.717) is 11.1 Å². The van der Waals surface area contributed by atoms with Gasteiger partial charge in [0.2, 0.25) is 0 Å². The third kappa shape index (κ3) is 8.40. The first-order chi connectivity index (χ1) is 13.4. The first-order valence-corrected chi connectivity index (χ1v) is 8.69. The van der Waals surface area contributed by atoms with Crippen LogP contribution in [-0.2, 0) is 25.5 Å². The number of ether oxygens (including phenoxy) is 1. The van der Waals surface area contributed by atoms with E-state index in [1.807, 2.05) is 6.07 Å². The smallest absolute Gasteiger partial charge is 0.408 e. The maximum absolute atomic E-state index is 11.6. The van der Waals surface area contributed by atoms with Crippen LogP contribution in [0.4, 0.5) is 4.79 Å². The van der Waals surface area contributed by atoms with Crippen molar-refractivity contribution in [2.45, 2.75) is 51.7 Å². The summed E-state index contributed by atoms with van der Waals surface area (Å²) in [4.78, 5) is 43.3. The molecule has 0 aliphatic carbocycles. The number of carbonyl (C=O) groups excluding carboxylic acids is 3. The molecule has 1 aromatic rings. The van der Waals surface area contributed by atoms with Gasteiger partial charge in [0, 0.05) is 19.3 Å². The number of benzene rings is 1. The summed E-state index contributed by atoms with van der Waals surface area (Å²) < 4.78 is 5.04. The van der Waals surface area contributed by atoms with Crippen LogP contribution < -0.4 is 5.32 Å². The van der Waals surface area contributed by atoms with Crippen LogP contribution in [0.2, 0.25) is 0 Å². The monoisotopic (exact) mass is 405 g/mol. The van der Waals surface area contributed by atoms with E-state index < -0.39 is 35.5 Å². The summed E-state index contributed by atoms with van der Waals surface area (Å²) in [6.07, 6.45) is -0.367. The van der Waals surface area contributed by atoms with Crippen molar-refractivity contribution in [3.05, 3.63) is 35.4 Å². The van der Waals surface area contributed by atoms with Crippen LogP contribution in [-0.4, -0.2) is 50.9 Å². The van der Waals surface area contributed by atoms with Crippen molar-refractivity contribution in [2.24, 2.45) is 0 Å². The van der Waals surface area contributed by atoms with E-state index >= 15 is 0 Å². The lowest BCUT2D eigenvalue weighted by molar-refractivity contribution is -0.171. The van der Waals surface area contributed by atoms with Gasteiger partial charge in [0.1, 0.15) is 11.6 Å². The highest BCUT2D eigenvalue weighted by Gasteiger charge is 2.27. The third-order valence-electron chi connectivity index (χ3n) is 3.54. The molecule has 1 aliphatic heterocycles. The summed E-state index contributed by atoms with van der Waals surface area (Å²) in [7, 11) is 0. The van der Waals surface area contributed by atoms with Crippen LogP contribution in [0, 0.1) is 11.3 Å². The lowest BCUT2D eigenvalue weighted by Gasteiger charge is -2.22. The molecule has 0 bridgehead atoms. The number of carbonyl (C=O) groups is 4. The number of rotatable bonds is 4. The molecule has 1 aromatic carbocycles. The molecule has 10 heteroatoms. The Morgan fingerprint density at radius 1 is 1.21 bits per heavy atom. The minimum absolute atomic E-state index is 0.111. The molecule has 1 fully saturated rings. The minimum atomic E-state index is -1.15. The van der Waals surface area contributed by atoms with Gasteiger partial charge in [0.05, 0.1) is 11.6 Å². The van der Waals surface area contributed by atoms with Crippen LogP contribution in [0.5, 0.6) is 0 Å². The van der Waals surface area contributed by atoms with Crippen LogP contribution >= 0.6 is 0 Å². The fraction of sp³-hybridized carbons (Fsp3) is 0.421. The van der Waals surface area contributed by atoms with Crippen molar-refractivity contribution in [2.75, 3.05) is 0 Å². The molecule has 1 aliphatic rings. The number of amides is 3. The van der Waals surface area contributed by atoms with Crippen molar-refractivity contribution in [1.29, 1.82) is 5.26 Å². The zero-order valence-corrected chi connectivity index (χ0v) is 16.3. The number of aliphatic carboxylic acids is 1. The van der Waals surface area contributed by atoms with E-state index in [-0.39, 0.29) is 24.3 Å². The van der Waals surface area contributed by atoms with E-state index in [0.717, 1.165) is 0 Å². The van der Waals surface area contributed by atoms with E-state index in [9.17, 15) is 19.2 Å².